The lowest BCUT2D eigenvalue weighted by atomic mass is 9.95. The minimum Gasteiger partial charge on any atom is -0.494 e. The molecule has 0 fully saturated rings. The van der Waals surface area contributed by atoms with Crippen molar-refractivity contribution >= 4 is 0 Å². The van der Waals surface area contributed by atoms with E-state index >= 15 is 0 Å². The molecule has 21 heavy (non-hydrogen) atoms. The van der Waals surface area contributed by atoms with Crippen LogP contribution in [0.4, 0.5) is 4.39 Å². The van der Waals surface area contributed by atoms with Crippen LogP contribution in [0.3, 0.4) is 0 Å². The largest absolute Gasteiger partial charge is 0.494 e. The van der Waals surface area contributed by atoms with Gasteiger partial charge >= 0.3 is 0 Å². The zero-order valence-corrected chi connectivity index (χ0v) is 12.4. The Morgan fingerprint density at radius 1 is 1.14 bits per heavy atom. The van der Waals surface area contributed by atoms with E-state index in [9.17, 15) is 4.39 Å². The average Bonchev–Trinajstić information content (AvgIpc) is 2.97. The second-order valence-corrected chi connectivity index (χ2v) is 5.47. The minimum absolute atomic E-state index is 0.161. The van der Waals surface area contributed by atoms with Gasteiger partial charge in [0.1, 0.15) is 0 Å². The van der Waals surface area contributed by atoms with Gasteiger partial charge in [0.15, 0.2) is 11.6 Å². The summed E-state index contributed by atoms with van der Waals surface area (Å²) in [5.74, 6) is -0.00578. The molecule has 0 aromatic heterocycles. The third-order valence-electron chi connectivity index (χ3n) is 4.27. The zero-order chi connectivity index (χ0) is 14.8. The topological polar surface area (TPSA) is 21.3 Å². The number of hydrogen-bond acceptors (Lipinski definition) is 2. The summed E-state index contributed by atoms with van der Waals surface area (Å²) in [4.78, 5) is 0. The summed E-state index contributed by atoms with van der Waals surface area (Å²) >= 11 is 0. The number of rotatable bonds is 4. The number of benzene rings is 2. The van der Waals surface area contributed by atoms with E-state index in [2.05, 4.69) is 23.5 Å². The Kier molecular flexibility index (Phi) is 3.93. The Balaban J connectivity index is 2.02. The second-order valence-electron chi connectivity index (χ2n) is 5.47. The van der Waals surface area contributed by atoms with E-state index in [-0.39, 0.29) is 17.6 Å². The minimum atomic E-state index is -0.292. The Morgan fingerprint density at radius 2 is 1.95 bits per heavy atom. The third kappa shape index (κ3) is 2.54. The standard InChI is InChI=1S/C18H20FNO/c1-20-18(15-7-4-8-16(21-2)17(15)19)14-10-9-12-5-3-6-13(12)11-14/h4,7-11,18,20H,3,5-6H2,1-2H3. The third-order valence-corrected chi connectivity index (χ3v) is 4.27. The normalized spacial score (nSPS) is 14.8. The molecule has 0 radical (unpaired) electrons. The van der Waals surface area contributed by atoms with Gasteiger partial charge in [0.05, 0.1) is 13.2 Å². The van der Waals surface area contributed by atoms with Crippen LogP contribution < -0.4 is 10.1 Å². The van der Waals surface area contributed by atoms with E-state index in [1.807, 2.05) is 19.2 Å². The molecule has 0 heterocycles. The van der Waals surface area contributed by atoms with Crippen molar-refractivity contribution < 1.29 is 9.13 Å². The zero-order valence-electron chi connectivity index (χ0n) is 12.4. The quantitative estimate of drug-likeness (QED) is 0.926. The predicted octanol–water partition coefficient (Wildman–Crippen LogP) is 3.63. The number of halogens is 1. The molecule has 0 amide bonds. The Labute approximate surface area is 125 Å². The van der Waals surface area contributed by atoms with Gasteiger partial charge in [-0.1, -0.05) is 30.3 Å². The lowest BCUT2D eigenvalue weighted by molar-refractivity contribution is 0.382. The fraction of sp³-hybridized carbons (Fsp3) is 0.333. The fourth-order valence-electron chi connectivity index (χ4n) is 3.18. The van der Waals surface area contributed by atoms with E-state index in [0.717, 1.165) is 18.4 Å². The molecule has 3 rings (SSSR count). The van der Waals surface area contributed by atoms with Crippen molar-refractivity contribution in [3.8, 4) is 5.75 Å². The van der Waals surface area contributed by atoms with Crippen LogP contribution in [0.1, 0.15) is 34.7 Å². The number of fused-ring (bicyclic) bond motifs is 1. The molecule has 2 nitrogen and oxygen atoms in total. The molecule has 110 valence electrons. The SMILES string of the molecule is CNC(c1ccc2c(c1)CCC2)c1cccc(OC)c1F. The first-order chi connectivity index (χ1) is 10.2. The van der Waals surface area contributed by atoms with Crippen LogP contribution in [0.2, 0.25) is 0 Å². The summed E-state index contributed by atoms with van der Waals surface area (Å²) in [5.41, 5.74) is 4.55. The van der Waals surface area contributed by atoms with Gasteiger partial charge in [-0.05, 0) is 49.1 Å². The van der Waals surface area contributed by atoms with Crippen LogP contribution in [0.15, 0.2) is 36.4 Å². The van der Waals surface area contributed by atoms with Crippen molar-refractivity contribution in [2.45, 2.75) is 25.3 Å². The summed E-state index contributed by atoms with van der Waals surface area (Å²) in [6.45, 7) is 0. The van der Waals surface area contributed by atoms with Gasteiger partial charge in [0, 0.05) is 5.56 Å². The summed E-state index contributed by atoms with van der Waals surface area (Å²) in [6.07, 6.45) is 3.50. The van der Waals surface area contributed by atoms with Crippen molar-refractivity contribution in [1.82, 2.24) is 5.32 Å². The first-order valence-corrected chi connectivity index (χ1v) is 7.36. The van der Waals surface area contributed by atoms with Crippen molar-refractivity contribution in [3.05, 3.63) is 64.5 Å². The van der Waals surface area contributed by atoms with Crippen molar-refractivity contribution in [3.63, 3.8) is 0 Å². The molecule has 1 aliphatic rings. The van der Waals surface area contributed by atoms with Gasteiger partial charge in [-0.3, -0.25) is 0 Å². The monoisotopic (exact) mass is 285 g/mol. The van der Waals surface area contributed by atoms with Crippen molar-refractivity contribution in [2.24, 2.45) is 0 Å². The lowest BCUT2D eigenvalue weighted by Crippen LogP contribution is -2.19. The second kappa shape index (κ2) is 5.86. The van der Waals surface area contributed by atoms with Crippen LogP contribution in [0.5, 0.6) is 5.75 Å². The van der Waals surface area contributed by atoms with Crippen LogP contribution in [-0.2, 0) is 12.8 Å². The average molecular weight is 285 g/mol. The molecule has 0 saturated carbocycles. The fourth-order valence-corrected chi connectivity index (χ4v) is 3.18. The van der Waals surface area contributed by atoms with E-state index in [1.165, 1.54) is 24.7 Å². The molecule has 2 aromatic carbocycles. The van der Waals surface area contributed by atoms with Crippen molar-refractivity contribution in [1.29, 1.82) is 0 Å². The summed E-state index contributed by atoms with van der Waals surface area (Å²) in [7, 11) is 3.35. The van der Waals surface area contributed by atoms with Crippen LogP contribution in [-0.4, -0.2) is 14.2 Å². The first-order valence-electron chi connectivity index (χ1n) is 7.36. The summed E-state index contributed by atoms with van der Waals surface area (Å²) in [5, 5.41) is 3.22. The van der Waals surface area contributed by atoms with Gasteiger partial charge in [-0.25, -0.2) is 4.39 Å². The Morgan fingerprint density at radius 3 is 2.71 bits per heavy atom. The van der Waals surface area contributed by atoms with E-state index in [1.54, 1.807) is 6.07 Å². The molecule has 0 aliphatic heterocycles. The van der Waals surface area contributed by atoms with Crippen LogP contribution in [0, 0.1) is 5.82 Å². The van der Waals surface area contributed by atoms with E-state index in [4.69, 9.17) is 4.74 Å². The number of aryl methyl sites for hydroxylation is 2. The van der Waals surface area contributed by atoms with E-state index in [0.29, 0.717) is 5.56 Å². The number of hydrogen-bond donors (Lipinski definition) is 1. The highest BCUT2D eigenvalue weighted by molar-refractivity contribution is 5.42. The van der Waals surface area contributed by atoms with E-state index < -0.39 is 0 Å². The number of nitrogens with one attached hydrogen (secondary N) is 1. The smallest absolute Gasteiger partial charge is 0.170 e. The van der Waals surface area contributed by atoms with Gasteiger partial charge in [-0.15, -0.1) is 0 Å². The number of ether oxygens (including phenoxy) is 1. The van der Waals surface area contributed by atoms with Gasteiger partial charge in [-0.2, -0.15) is 0 Å². The van der Waals surface area contributed by atoms with Gasteiger partial charge < -0.3 is 10.1 Å². The molecular weight excluding hydrogens is 265 g/mol. The molecule has 3 heteroatoms. The van der Waals surface area contributed by atoms with Crippen LogP contribution in [0.25, 0.3) is 0 Å². The highest BCUT2D eigenvalue weighted by atomic mass is 19.1. The molecule has 0 bridgehead atoms. The molecule has 1 N–H and O–H groups in total. The maximum absolute atomic E-state index is 14.5. The Bertz CT molecular complexity index is 654. The number of methoxy groups -OCH3 is 1. The highest BCUT2D eigenvalue weighted by Gasteiger charge is 2.20. The molecular formula is C18H20FNO. The summed E-state index contributed by atoms with van der Waals surface area (Å²) < 4.78 is 19.6. The molecule has 0 spiro atoms. The van der Waals surface area contributed by atoms with Gasteiger partial charge in [0.2, 0.25) is 0 Å². The van der Waals surface area contributed by atoms with Crippen LogP contribution >= 0.6 is 0 Å². The maximum Gasteiger partial charge on any atom is 0.170 e. The molecule has 1 atom stereocenters. The highest BCUT2D eigenvalue weighted by Crippen LogP contribution is 2.31. The maximum atomic E-state index is 14.5. The predicted molar refractivity (Wildman–Crippen MR) is 82.3 cm³/mol. The molecule has 0 saturated heterocycles. The Hall–Kier alpha value is -1.87. The van der Waals surface area contributed by atoms with Gasteiger partial charge in [0.25, 0.3) is 0 Å². The molecule has 2 aromatic rings. The van der Waals surface area contributed by atoms with Crippen molar-refractivity contribution in [2.75, 3.05) is 14.2 Å². The molecule has 1 aliphatic carbocycles. The summed E-state index contributed by atoms with van der Waals surface area (Å²) in [6, 6.07) is 11.6. The lowest BCUT2D eigenvalue weighted by Gasteiger charge is -2.20. The first kappa shape index (κ1) is 14.1. The molecule has 1 unspecified atom stereocenters.